The molecule has 0 unspecified atom stereocenters. The van der Waals surface area contributed by atoms with Gasteiger partial charge in [0.25, 0.3) is 5.95 Å². The number of furan rings is 2. The molecule has 0 aliphatic heterocycles. The van der Waals surface area contributed by atoms with E-state index >= 15 is 0 Å². The molecule has 0 bridgehead atoms. The van der Waals surface area contributed by atoms with Gasteiger partial charge in [-0.15, -0.1) is 0 Å². The first-order chi connectivity index (χ1) is 5.77. The number of rotatable bonds is 1. The van der Waals surface area contributed by atoms with Gasteiger partial charge in [-0.05, 0) is 28.1 Å². The monoisotopic (exact) mass is 228 g/mol. The first kappa shape index (κ1) is 7.49. The van der Waals surface area contributed by atoms with Crippen molar-refractivity contribution in [2.24, 2.45) is 0 Å². The van der Waals surface area contributed by atoms with Crippen LogP contribution in [0, 0.1) is 0 Å². The van der Waals surface area contributed by atoms with Crippen molar-refractivity contribution in [1.82, 2.24) is 0 Å². The Morgan fingerprint density at radius 2 is 2.25 bits per heavy atom. The summed E-state index contributed by atoms with van der Waals surface area (Å²) >= 11 is 3.10. The van der Waals surface area contributed by atoms with Gasteiger partial charge < -0.3 is 13.9 Å². The largest absolute Gasteiger partial charge is 0.480 e. The van der Waals surface area contributed by atoms with Crippen molar-refractivity contribution < 1.29 is 13.9 Å². The molecular weight excluding hydrogens is 224 g/mol. The molecular formula is C8H5BrO3. The van der Waals surface area contributed by atoms with Gasteiger partial charge in [0.15, 0.2) is 4.67 Å². The molecule has 0 radical (unpaired) electrons. The molecule has 12 heavy (non-hydrogen) atoms. The highest BCUT2D eigenvalue weighted by Gasteiger charge is 2.12. The molecule has 0 amide bonds. The quantitative estimate of drug-likeness (QED) is 0.817. The summed E-state index contributed by atoms with van der Waals surface area (Å²) in [5.74, 6) is 0.443. The van der Waals surface area contributed by atoms with E-state index in [0.29, 0.717) is 16.0 Å². The molecule has 0 aromatic carbocycles. The summed E-state index contributed by atoms with van der Waals surface area (Å²) in [6, 6.07) is 5.14. The van der Waals surface area contributed by atoms with E-state index < -0.39 is 0 Å². The van der Waals surface area contributed by atoms with Crippen LogP contribution in [0.3, 0.4) is 0 Å². The van der Waals surface area contributed by atoms with E-state index in [9.17, 15) is 5.11 Å². The van der Waals surface area contributed by atoms with Gasteiger partial charge in [-0.25, -0.2) is 0 Å². The molecule has 0 aliphatic carbocycles. The number of aromatic hydroxyl groups is 1. The van der Waals surface area contributed by atoms with E-state index in [1.54, 1.807) is 18.2 Å². The van der Waals surface area contributed by atoms with Gasteiger partial charge in [-0.3, -0.25) is 0 Å². The van der Waals surface area contributed by atoms with Crippen molar-refractivity contribution in [2.45, 2.75) is 0 Å². The second kappa shape index (κ2) is 2.71. The van der Waals surface area contributed by atoms with Gasteiger partial charge in [-0.2, -0.15) is 0 Å². The molecule has 0 atom stereocenters. The molecule has 0 saturated carbocycles. The van der Waals surface area contributed by atoms with Gasteiger partial charge in [0.05, 0.1) is 6.26 Å². The summed E-state index contributed by atoms with van der Waals surface area (Å²) in [7, 11) is 0. The van der Waals surface area contributed by atoms with E-state index in [4.69, 9.17) is 8.83 Å². The average molecular weight is 229 g/mol. The standard InChI is InChI=1S/C8H5BrO3/c9-7-4-5(8(10)12-7)6-2-1-3-11-6/h1-4,10H. The zero-order chi connectivity index (χ0) is 8.55. The smallest absolute Gasteiger partial charge is 0.294 e. The highest BCUT2D eigenvalue weighted by Crippen LogP contribution is 2.34. The van der Waals surface area contributed by atoms with Crippen LogP contribution in [0.2, 0.25) is 0 Å². The van der Waals surface area contributed by atoms with Crippen molar-refractivity contribution in [3.8, 4) is 17.3 Å². The summed E-state index contributed by atoms with van der Waals surface area (Å²) in [6.07, 6.45) is 1.54. The summed E-state index contributed by atoms with van der Waals surface area (Å²) in [5, 5.41) is 9.25. The summed E-state index contributed by atoms with van der Waals surface area (Å²) < 4.78 is 10.4. The SMILES string of the molecule is Oc1oc(Br)cc1-c1ccco1. The van der Waals surface area contributed by atoms with Crippen molar-refractivity contribution in [3.63, 3.8) is 0 Å². The van der Waals surface area contributed by atoms with Crippen molar-refractivity contribution in [2.75, 3.05) is 0 Å². The third kappa shape index (κ3) is 1.14. The predicted octanol–water partition coefficient (Wildman–Crippen LogP) is 3.01. The normalized spacial score (nSPS) is 10.4. The fraction of sp³-hybridized carbons (Fsp3) is 0. The lowest BCUT2D eigenvalue weighted by atomic mass is 10.2. The molecule has 0 spiro atoms. The van der Waals surface area contributed by atoms with Crippen LogP contribution < -0.4 is 0 Å². The van der Waals surface area contributed by atoms with E-state index in [1.807, 2.05) is 0 Å². The lowest BCUT2D eigenvalue weighted by molar-refractivity contribution is 0.325. The lowest BCUT2D eigenvalue weighted by Crippen LogP contribution is -1.65. The van der Waals surface area contributed by atoms with Crippen molar-refractivity contribution >= 4 is 15.9 Å². The highest BCUT2D eigenvalue weighted by atomic mass is 79.9. The first-order valence-corrected chi connectivity index (χ1v) is 4.09. The third-order valence-corrected chi connectivity index (χ3v) is 1.86. The summed E-state index contributed by atoms with van der Waals surface area (Å²) in [4.78, 5) is 0. The predicted molar refractivity (Wildman–Crippen MR) is 45.8 cm³/mol. The number of hydrogen-bond donors (Lipinski definition) is 1. The maximum Gasteiger partial charge on any atom is 0.294 e. The maximum absolute atomic E-state index is 9.25. The minimum absolute atomic E-state index is 0.142. The molecule has 0 aliphatic rings. The van der Waals surface area contributed by atoms with Crippen LogP contribution in [0.4, 0.5) is 0 Å². The Balaban J connectivity index is 2.54. The van der Waals surface area contributed by atoms with Gasteiger partial charge in [0.1, 0.15) is 11.3 Å². The van der Waals surface area contributed by atoms with Crippen LogP contribution in [0.1, 0.15) is 0 Å². The number of halogens is 1. The Hall–Kier alpha value is -1.16. The molecule has 1 N–H and O–H groups in total. The minimum atomic E-state index is -0.142. The molecule has 62 valence electrons. The molecule has 4 heteroatoms. The lowest BCUT2D eigenvalue weighted by Gasteiger charge is -1.88. The molecule has 2 aromatic heterocycles. The van der Waals surface area contributed by atoms with Crippen LogP contribution in [0.25, 0.3) is 11.3 Å². The zero-order valence-electron chi connectivity index (χ0n) is 5.95. The van der Waals surface area contributed by atoms with Gasteiger partial charge in [0.2, 0.25) is 0 Å². The Morgan fingerprint density at radius 1 is 1.42 bits per heavy atom. The van der Waals surface area contributed by atoms with Crippen molar-refractivity contribution in [3.05, 3.63) is 29.1 Å². The minimum Gasteiger partial charge on any atom is -0.480 e. The molecule has 2 heterocycles. The van der Waals surface area contributed by atoms with E-state index in [2.05, 4.69) is 15.9 Å². The Kier molecular flexibility index (Phi) is 1.69. The molecule has 0 saturated heterocycles. The fourth-order valence-corrected chi connectivity index (χ4v) is 1.34. The zero-order valence-corrected chi connectivity index (χ0v) is 7.54. The molecule has 0 fully saturated rings. The summed E-state index contributed by atoms with van der Waals surface area (Å²) in [5.41, 5.74) is 0.548. The summed E-state index contributed by atoms with van der Waals surface area (Å²) in [6.45, 7) is 0. The highest BCUT2D eigenvalue weighted by molar-refractivity contribution is 9.10. The fourth-order valence-electron chi connectivity index (χ4n) is 0.960. The van der Waals surface area contributed by atoms with Gasteiger partial charge in [0, 0.05) is 6.07 Å². The van der Waals surface area contributed by atoms with E-state index in [-0.39, 0.29) is 5.95 Å². The van der Waals surface area contributed by atoms with Gasteiger partial charge >= 0.3 is 0 Å². The van der Waals surface area contributed by atoms with E-state index in [0.717, 1.165) is 0 Å². The number of hydrogen-bond acceptors (Lipinski definition) is 3. The Labute approximate surface area is 76.7 Å². The second-order valence-corrected chi connectivity index (χ2v) is 3.03. The van der Waals surface area contributed by atoms with Crippen LogP contribution in [0.15, 0.2) is 38.0 Å². The van der Waals surface area contributed by atoms with Crippen LogP contribution >= 0.6 is 15.9 Å². The van der Waals surface area contributed by atoms with Gasteiger partial charge in [-0.1, -0.05) is 0 Å². The third-order valence-electron chi connectivity index (χ3n) is 1.47. The molecule has 2 aromatic rings. The first-order valence-electron chi connectivity index (χ1n) is 3.29. The van der Waals surface area contributed by atoms with Crippen LogP contribution in [-0.2, 0) is 0 Å². The van der Waals surface area contributed by atoms with Crippen LogP contribution in [-0.4, -0.2) is 5.11 Å². The topological polar surface area (TPSA) is 46.5 Å². The van der Waals surface area contributed by atoms with Crippen molar-refractivity contribution in [1.29, 1.82) is 0 Å². The Bertz CT molecular complexity index is 375. The average Bonchev–Trinajstić information content (AvgIpc) is 2.58. The second-order valence-electron chi connectivity index (χ2n) is 2.25. The molecule has 2 rings (SSSR count). The van der Waals surface area contributed by atoms with E-state index in [1.165, 1.54) is 6.26 Å². The molecule has 3 nitrogen and oxygen atoms in total. The van der Waals surface area contributed by atoms with Crippen LogP contribution in [0.5, 0.6) is 5.95 Å². The Morgan fingerprint density at radius 3 is 2.75 bits per heavy atom. The maximum atomic E-state index is 9.25.